The van der Waals surface area contributed by atoms with Crippen molar-refractivity contribution < 1.29 is 0 Å². The molecule has 2 aromatic heterocycles. The average molecular weight is 175 g/mol. The van der Waals surface area contributed by atoms with Crippen LogP contribution in [0.15, 0.2) is 18.3 Å². The molecule has 0 aromatic carbocycles. The number of nitrogens with zero attached hydrogens (tertiary/aromatic N) is 3. The first-order valence-corrected chi connectivity index (χ1v) is 3.84. The molecule has 0 radical (unpaired) electrons. The number of amidine groups is 1. The number of fused-ring (bicyclic) bond motifs is 1. The summed E-state index contributed by atoms with van der Waals surface area (Å²) in [6, 6.07) is 3.51. The highest BCUT2D eigenvalue weighted by Gasteiger charge is 2.02. The summed E-state index contributed by atoms with van der Waals surface area (Å²) in [7, 11) is 0. The van der Waals surface area contributed by atoms with Crippen molar-refractivity contribution in [3.8, 4) is 0 Å². The summed E-state index contributed by atoms with van der Waals surface area (Å²) in [5.74, 6) is 0.869. The van der Waals surface area contributed by atoms with Crippen molar-refractivity contribution in [1.29, 1.82) is 5.41 Å². The molecule has 0 aliphatic carbocycles. The van der Waals surface area contributed by atoms with Crippen molar-refractivity contribution >= 4 is 11.5 Å². The number of hydrogen-bond donors (Lipinski definition) is 2. The lowest BCUT2D eigenvalue weighted by Gasteiger charge is -1.98. The van der Waals surface area contributed by atoms with Crippen molar-refractivity contribution in [2.45, 2.75) is 6.92 Å². The van der Waals surface area contributed by atoms with Gasteiger partial charge in [0.05, 0.1) is 0 Å². The fraction of sp³-hybridized carbons (Fsp3) is 0.125. The summed E-state index contributed by atoms with van der Waals surface area (Å²) < 4.78 is 1.84. The lowest BCUT2D eigenvalue weighted by atomic mass is 10.2. The summed E-state index contributed by atoms with van der Waals surface area (Å²) in [6.07, 6.45) is 1.81. The third-order valence-corrected chi connectivity index (χ3v) is 1.89. The SMILES string of the molecule is Cc1nnc2cc(C(=N)N)ccn12. The highest BCUT2D eigenvalue weighted by molar-refractivity contribution is 5.95. The Morgan fingerprint density at radius 3 is 3.00 bits per heavy atom. The van der Waals surface area contributed by atoms with Crippen LogP contribution in [-0.4, -0.2) is 20.4 Å². The van der Waals surface area contributed by atoms with Crippen molar-refractivity contribution in [1.82, 2.24) is 14.6 Å². The average Bonchev–Trinajstić information content (AvgIpc) is 2.47. The number of nitrogen functional groups attached to an aromatic ring is 1. The smallest absolute Gasteiger partial charge is 0.161 e. The number of rotatable bonds is 1. The van der Waals surface area contributed by atoms with E-state index in [0.29, 0.717) is 11.2 Å². The van der Waals surface area contributed by atoms with Crippen molar-refractivity contribution in [2.75, 3.05) is 0 Å². The van der Waals surface area contributed by atoms with E-state index in [4.69, 9.17) is 11.1 Å². The Hall–Kier alpha value is -1.91. The van der Waals surface area contributed by atoms with Crippen LogP contribution < -0.4 is 5.73 Å². The molecule has 5 nitrogen and oxygen atoms in total. The van der Waals surface area contributed by atoms with Crippen LogP contribution in [0, 0.1) is 12.3 Å². The molecule has 0 bridgehead atoms. The molecule has 0 aliphatic heterocycles. The molecule has 0 unspecified atom stereocenters. The van der Waals surface area contributed by atoms with Crippen molar-refractivity contribution in [2.24, 2.45) is 5.73 Å². The standard InChI is InChI=1S/C8H9N5/c1-5-11-12-7-4-6(8(9)10)2-3-13(5)7/h2-4H,1H3,(H3,9,10). The fourth-order valence-corrected chi connectivity index (χ4v) is 1.18. The maximum atomic E-state index is 7.24. The molecule has 3 N–H and O–H groups in total. The Bertz CT molecular complexity index is 470. The van der Waals surface area contributed by atoms with Crippen LogP contribution in [0.1, 0.15) is 11.4 Å². The summed E-state index contributed by atoms with van der Waals surface area (Å²) in [4.78, 5) is 0. The summed E-state index contributed by atoms with van der Waals surface area (Å²) >= 11 is 0. The molecular formula is C8H9N5. The third kappa shape index (κ3) is 1.14. The van der Waals surface area contributed by atoms with Gasteiger partial charge in [-0.2, -0.15) is 0 Å². The Balaban J connectivity index is 2.70. The summed E-state index contributed by atoms with van der Waals surface area (Å²) in [5.41, 5.74) is 6.72. The molecule has 0 aliphatic rings. The van der Waals surface area contributed by atoms with Gasteiger partial charge in [0.2, 0.25) is 0 Å². The number of nitrogens with one attached hydrogen (secondary N) is 1. The van der Waals surface area contributed by atoms with Crippen LogP contribution in [0.2, 0.25) is 0 Å². The minimum Gasteiger partial charge on any atom is -0.384 e. The number of pyridine rings is 1. The second-order valence-electron chi connectivity index (χ2n) is 2.80. The van der Waals surface area contributed by atoms with Crippen LogP contribution in [-0.2, 0) is 0 Å². The minimum atomic E-state index is 0.0446. The van der Waals surface area contributed by atoms with Gasteiger partial charge in [0.25, 0.3) is 0 Å². The molecular weight excluding hydrogens is 166 g/mol. The van der Waals surface area contributed by atoms with Gasteiger partial charge >= 0.3 is 0 Å². The van der Waals surface area contributed by atoms with E-state index in [1.165, 1.54) is 0 Å². The highest BCUT2D eigenvalue weighted by atomic mass is 15.2. The predicted molar refractivity (Wildman–Crippen MR) is 48.7 cm³/mol. The van der Waals surface area contributed by atoms with E-state index in [9.17, 15) is 0 Å². The van der Waals surface area contributed by atoms with E-state index in [1.54, 1.807) is 18.3 Å². The molecule has 0 atom stereocenters. The van der Waals surface area contributed by atoms with E-state index in [0.717, 1.165) is 5.82 Å². The second kappa shape index (κ2) is 2.55. The summed E-state index contributed by atoms with van der Waals surface area (Å²) in [5, 5.41) is 15.1. The molecule has 2 heterocycles. The normalized spacial score (nSPS) is 10.5. The Kier molecular flexibility index (Phi) is 1.51. The van der Waals surface area contributed by atoms with Crippen molar-refractivity contribution in [3.05, 3.63) is 29.7 Å². The molecule has 0 spiro atoms. The topological polar surface area (TPSA) is 80.1 Å². The number of aromatic nitrogens is 3. The van der Waals surface area contributed by atoms with E-state index in [2.05, 4.69) is 10.2 Å². The van der Waals surface area contributed by atoms with Gasteiger partial charge in [0, 0.05) is 11.8 Å². The van der Waals surface area contributed by atoms with Gasteiger partial charge in [-0.25, -0.2) is 0 Å². The predicted octanol–water partition coefficient (Wildman–Crippen LogP) is 0.322. The molecule has 66 valence electrons. The number of nitrogens with two attached hydrogens (primary N) is 1. The van der Waals surface area contributed by atoms with Crippen LogP contribution in [0.25, 0.3) is 5.65 Å². The zero-order valence-electron chi connectivity index (χ0n) is 7.15. The molecule has 2 rings (SSSR count). The van der Waals surface area contributed by atoms with Gasteiger partial charge in [0.15, 0.2) is 5.65 Å². The molecule has 2 aromatic rings. The monoisotopic (exact) mass is 175 g/mol. The number of aryl methyl sites for hydroxylation is 1. The van der Waals surface area contributed by atoms with Gasteiger partial charge in [-0.05, 0) is 19.1 Å². The van der Waals surface area contributed by atoms with E-state index in [-0.39, 0.29) is 5.84 Å². The largest absolute Gasteiger partial charge is 0.384 e. The van der Waals surface area contributed by atoms with Crippen LogP contribution >= 0.6 is 0 Å². The van der Waals surface area contributed by atoms with Gasteiger partial charge < -0.3 is 5.73 Å². The van der Waals surface area contributed by atoms with Gasteiger partial charge in [-0.1, -0.05) is 0 Å². The Morgan fingerprint density at radius 1 is 1.54 bits per heavy atom. The lowest BCUT2D eigenvalue weighted by molar-refractivity contribution is 1.01. The lowest BCUT2D eigenvalue weighted by Crippen LogP contribution is -2.11. The van der Waals surface area contributed by atoms with Crippen LogP contribution in [0.4, 0.5) is 0 Å². The minimum absolute atomic E-state index is 0.0446. The molecule has 0 saturated heterocycles. The van der Waals surface area contributed by atoms with E-state index < -0.39 is 0 Å². The van der Waals surface area contributed by atoms with Gasteiger partial charge in [-0.3, -0.25) is 9.81 Å². The first-order valence-electron chi connectivity index (χ1n) is 3.84. The Labute approximate surface area is 74.7 Å². The first kappa shape index (κ1) is 7.72. The zero-order chi connectivity index (χ0) is 9.42. The molecule has 0 saturated carbocycles. The van der Waals surface area contributed by atoms with Gasteiger partial charge in [0.1, 0.15) is 11.7 Å². The van der Waals surface area contributed by atoms with Crippen LogP contribution in [0.5, 0.6) is 0 Å². The zero-order valence-corrected chi connectivity index (χ0v) is 7.15. The summed E-state index contributed by atoms with van der Waals surface area (Å²) in [6.45, 7) is 1.87. The maximum Gasteiger partial charge on any atom is 0.161 e. The van der Waals surface area contributed by atoms with Crippen LogP contribution in [0.3, 0.4) is 0 Å². The van der Waals surface area contributed by atoms with Gasteiger partial charge in [-0.15, -0.1) is 10.2 Å². The first-order chi connectivity index (χ1) is 6.18. The molecule has 5 heteroatoms. The van der Waals surface area contributed by atoms with E-state index in [1.807, 2.05) is 11.3 Å². The number of hydrogen-bond acceptors (Lipinski definition) is 3. The second-order valence-corrected chi connectivity index (χ2v) is 2.80. The maximum absolute atomic E-state index is 7.24. The Morgan fingerprint density at radius 2 is 2.31 bits per heavy atom. The molecule has 0 amide bonds. The third-order valence-electron chi connectivity index (χ3n) is 1.89. The van der Waals surface area contributed by atoms with E-state index >= 15 is 0 Å². The molecule has 0 fully saturated rings. The van der Waals surface area contributed by atoms with Crippen molar-refractivity contribution in [3.63, 3.8) is 0 Å². The molecule has 13 heavy (non-hydrogen) atoms. The quantitative estimate of drug-likeness (QED) is 0.484. The fourth-order valence-electron chi connectivity index (χ4n) is 1.18. The highest BCUT2D eigenvalue weighted by Crippen LogP contribution is 2.05.